The van der Waals surface area contributed by atoms with Crippen molar-refractivity contribution in [2.45, 2.75) is 13.8 Å². The number of aromatic nitrogens is 2. The Morgan fingerprint density at radius 2 is 2.30 bits per heavy atom. The van der Waals surface area contributed by atoms with Gasteiger partial charge in [0.05, 0.1) is 23.6 Å². The maximum absolute atomic E-state index is 11.0. The third-order valence-electron chi connectivity index (χ3n) is 2.78. The van der Waals surface area contributed by atoms with Gasteiger partial charge in [-0.3, -0.25) is 0 Å². The molecule has 0 fully saturated rings. The van der Waals surface area contributed by atoms with Crippen LogP contribution < -0.4 is 4.74 Å². The molecule has 0 spiro atoms. The van der Waals surface area contributed by atoms with E-state index in [1.165, 1.54) is 10.9 Å². The summed E-state index contributed by atoms with van der Waals surface area (Å²) in [6, 6.07) is 7.07. The maximum Gasteiger partial charge on any atom is 0.339 e. The summed E-state index contributed by atoms with van der Waals surface area (Å²) in [7, 11) is 0. The highest BCUT2D eigenvalue weighted by atomic mass is 16.5. The lowest BCUT2D eigenvalue weighted by Crippen LogP contribution is -1.99. The molecule has 20 heavy (non-hydrogen) atoms. The Balaban J connectivity index is 2.46. The number of carbonyl (C=O) groups is 1. The van der Waals surface area contributed by atoms with Crippen LogP contribution in [0, 0.1) is 18.3 Å². The molecule has 0 radical (unpaired) electrons. The molecule has 0 amide bonds. The van der Waals surface area contributed by atoms with Crippen molar-refractivity contribution in [1.82, 2.24) is 9.78 Å². The van der Waals surface area contributed by atoms with E-state index < -0.39 is 5.97 Å². The molecule has 1 heterocycles. The minimum Gasteiger partial charge on any atom is -0.492 e. The molecular formula is C14H13N3O3. The maximum atomic E-state index is 11.0. The highest BCUT2D eigenvalue weighted by Crippen LogP contribution is 2.22. The summed E-state index contributed by atoms with van der Waals surface area (Å²) < 4.78 is 6.78. The lowest BCUT2D eigenvalue weighted by atomic mass is 10.2. The van der Waals surface area contributed by atoms with Gasteiger partial charge in [0.15, 0.2) is 0 Å². The van der Waals surface area contributed by atoms with Gasteiger partial charge in [0.2, 0.25) is 0 Å². The van der Waals surface area contributed by atoms with Gasteiger partial charge in [0, 0.05) is 6.20 Å². The number of nitrogens with zero attached hydrogens (tertiary/aromatic N) is 3. The largest absolute Gasteiger partial charge is 0.492 e. The first kappa shape index (κ1) is 13.6. The fourth-order valence-electron chi connectivity index (χ4n) is 1.83. The summed E-state index contributed by atoms with van der Waals surface area (Å²) in [5.74, 6) is -0.527. The zero-order valence-electron chi connectivity index (χ0n) is 11.1. The molecule has 1 aromatic carbocycles. The van der Waals surface area contributed by atoms with Gasteiger partial charge in [-0.05, 0) is 32.0 Å². The molecule has 0 saturated carbocycles. The van der Waals surface area contributed by atoms with Gasteiger partial charge >= 0.3 is 5.97 Å². The zero-order chi connectivity index (χ0) is 14.7. The highest BCUT2D eigenvalue weighted by molar-refractivity contribution is 5.88. The van der Waals surface area contributed by atoms with Crippen LogP contribution >= 0.6 is 0 Å². The van der Waals surface area contributed by atoms with Gasteiger partial charge in [-0.15, -0.1) is 0 Å². The van der Waals surface area contributed by atoms with Crippen molar-refractivity contribution in [3.8, 4) is 17.5 Å². The number of rotatable bonds is 4. The molecule has 0 unspecified atom stereocenters. The summed E-state index contributed by atoms with van der Waals surface area (Å²) >= 11 is 0. The van der Waals surface area contributed by atoms with Crippen molar-refractivity contribution in [3.63, 3.8) is 0 Å². The SMILES string of the molecule is CCOc1ccc(-n2cc(C(=O)O)c(C)n2)cc1C#N. The average Bonchev–Trinajstić information content (AvgIpc) is 2.82. The van der Waals surface area contributed by atoms with Crippen LogP contribution in [0.2, 0.25) is 0 Å². The second-order valence-corrected chi connectivity index (χ2v) is 4.10. The van der Waals surface area contributed by atoms with Crippen molar-refractivity contribution in [2.75, 3.05) is 6.61 Å². The van der Waals surface area contributed by atoms with E-state index in [2.05, 4.69) is 11.2 Å². The van der Waals surface area contributed by atoms with Gasteiger partial charge in [-0.25, -0.2) is 9.48 Å². The summed E-state index contributed by atoms with van der Waals surface area (Å²) in [4.78, 5) is 11.0. The topological polar surface area (TPSA) is 88.1 Å². The Kier molecular flexibility index (Phi) is 3.71. The van der Waals surface area contributed by atoms with E-state index >= 15 is 0 Å². The van der Waals surface area contributed by atoms with Gasteiger partial charge < -0.3 is 9.84 Å². The molecule has 0 aliphatic carbocycles. The monoisotopic (exact) mass is 271 g/mol. The Labute approximate surface area is 115 Å². The third kappa shape index (κ3) is 2.47. The number of hydrogen-bond acceptors (Lipinski definition) is 4. The molecule has 102 valence electrons. The van der Waals surface area contributed by atoms with E-state index in [-0.39, 0.29) is 5.56 Å². The minimum atomic E-state index is -1.03. The summed E-state index contributed by atoms with van der Waals surface area (Å²) in [5, 5.41) is 22.3. The second kappa shape index (κ2) is 5.45. The molecule has 1 N–H and O–H groups in total. The number of carboxylic acid groups (broad SMARTS) is 1. The Bertz CT molecular complexity index is 698. The molecule has 0 aliphatic rings. The lowest BCUT2D eigenvalue weighted by Gasteiger charge is -2.07. The molecule has 6 heteroatoms. The van der Waals surface area contributed by atoms with Gasteiger partial charge in [-0.1, -0.05) is 0 Å². The molecule has 0 atom stereocenters. The van der Waals surface area contributed by atoms with Crippen LogP contribution in [0.25, 0.3) is 5.69 Å². The quantitative estimate of drug-likeness (QED) is 0.920. The Hall–Kier alpha value is -2.81. The van der Waals surface area contributed by atoms with Crippen molar-refractivity contribution >= 4 is 5.97 Å². The smallest absolute Gasteiger partial charge is 0.339 e. The predicted molar refractivity (Wildman–Crippen MR) is 71.1 cm³/mol. The third-order valence-corrected chi connectivity index (χ3v) is 2.78. The first-order chi connectivity index (χ1) is 9.56. The average molecular weight is 271 g/mol. The number of aromatic carboxylic acids is 1. The first-order valence-electron chi connectivity index (χ1n) is 6.03. The molecular weight excluding hydrogens is 258 g/mol. The van der Waals surface area contributed by atoms with Crippen molar-refractivity contribution < 1.29 is 14.6 Å². The molecule has 0 saturated heterocycles. The van der Waals surface area contributed by atoms with E-state index in [1.807, 2.05) is 6.92 Å². The van der Waals surface area contributed by atoms with Crippen LogP contribution in [0.4, 0.5) is 0 Å². The summed E-state index contributed by atoms with van der Waals surface area (Å²) in [5.41, 5.74) is 1.55. The van der Waals surface area contributed by atoms with Crippen LogP contribution in [0.3, 0.4) is 0 Å². The van der Waals surface area contributed by atoms with Gasteiger partial charge in [0.25, 0.3) is 0 Å². The molecule has 2 rings (SSSR count). The number of nitriles is 1. The fourth-order valence-corrected chi connectivity index (χ4v) is 1.83. The van der Waals surface area contributed by atoms with E-state index in [9.17, 15) is 4.79 Å². The number of hydrogen-bond donors (Lipinski definition) is 1. The highest BCUT2D eigenvalue weighted by Gasteiger charge is 2.13. The fraction of sp³-hybridized carbons (Fsp3) is 0.214. The number of ether oxygens (including phenoxy) is 1. The first-order valence-corrected chi connectivity index (χ1v) is 6.03. The lowest BCUT2D eigenvalue weighted by molar-refractivity contribution is 0.0696. The minimum absolute atomic E-state index is 0.136. The van der Waals surface area contributed by atoms with E-state index in [0.717, 1.165) is 0 Å². The molecule has 0 bridgehead atoms. The Morgan fingerprint density at radius 1 is 1.55 bits per heavy atom. The normalized spacial score (nSPS) is 10.1. The summed E-state index contributed by atoms with van der Waals surface area (Å²) in [6.07, 6.45) is 1.43. The summed E-state index contributed by atoms with van der Waals surface area (Å²) in [6.45, 7) is 3.93. The Morgan fingerprint density at radius 3 is 2.85 bits per heavy atom. The predicted octanol–water partition coefficient (Wildman–Crippen LogP) is 2.15. The number of aryl methyl sites for hydroxylation is 1. The second-order valence-electron chi connectivity index (χ2n) is 4.10. The van der Waals surface area contributed by atoms with Crippen LogP contribution in [0.15, 0.2) is 24.4 Å². The van der Waals surface area contributed by atoms with Crippen LogP contribution in [-0.2, 0) is 0 Å². The van der Waals surface area contributed by atoms with Gasteiger partial charge in [0.1, 0.15) is 17.4 Å². The molecule has 6 nitrogen and oxygen atoms in total. The van der Waals surface area contributed by atoms with Crippen LogP contribution in [-0.4, -0.2) is 27.5 Å². The van der Waals surface area contributed by atoms with Crippen LogP contribution in [0.1, 0.15) is 28.5 Å². The van der Waals surface area contributed by atoms with E-state index in [0.29, 0.717) is 29.3 Å². The number of benzene rings is 1. The van der Waals surface area contributed by atoms with E-state index in [4.69, 9.17) is 15.1 Å². The van der Waals surface area contributed by atoms with Crippen molar-refractivity contribution in [3.05, 3.63) is 41.2 Å². The molecule has 0 aliphatic heterocycles. The van der Waals surface area contributed by atoms with Crippen molar-refractivity contribution in [1.29, 1.82) is 5.26 Å². The number of carboxylic acids is 1. The van der Waals surface area contributed by atoms with Crippen molar-refractivity contribution in [2.24, 2.45) is 0 Å². The zero-order valence-corrected chi connectivity index (χ0v) is 11.1. The molecule has 1 aromatic heterocycles. The molecule has 2 aromatic rings. The standard InChI is InChI=1S/C14H13N3O3/c1-3-20-13-5-4-11(6-10(13)7-15)17-8-12(14(18)19)9(2)16-17/h4-6,8H,3H2,1-2H3,(H,18,19). The van der Waals surface area contributed by atoms with E-state index in [1.54, 1.807) is 25.1 Å². The van der Waals surface area contributed by atoms with Gasteiger partial charge in [-0.2, -0.15) is 10.4 Å². The van der Waals surface area contributed by atoms with Crippen LogP contribution in [0.5, 0.6) is 5.75 Å².